The molecule has 24 heavy (non-hydrogen) atoms. The number of nitrogens with zero attached hydrogens (tertiary/aromatic N) is 2. The third-order valence-corrected chi connectivity index (χ3v) is 8.19. The van der Waals surface area contributed by atoms with Crippen LogP contribution in [0.15, 0.2) is 24.2 Å². The first-order chi connectivity index (χ1) is 11.5. The minimum absolute atomic E-state index is 0.0632. The number of hydrogen-bond acceptors (Lipinski definition) is 3. The third kappa shape index (κ3) is 4.68. The molecular weight excluding hydrogens is 574 g/mol. The molecule has 0 aliphatic carbocycles. The molecule has 1 heterocycles. The lowest BCUT2D eigenvalue weighted by Gasteiger charge is -2.10. The molecule has 1 amide bonds. The maximum absolute atomic E-state index is 12.1. The van der Waals surface area contributed by atoms with Gasteiger partial charge in [-0.05, 0) is 76.6 Å². The number of fused-ring (bicyclic) bond motifs is 1. The average Bonchev–Trinajstić information content (AvgIpc) is 2.97. The van der Waals surface area contributed by atoms with Gasteiger partial charge in [0.2, 0.25) is 5.91 Å². The van der Waals surface area contributed by atoms with Crippen LogP contribution in [0, 0.1) is 0 Å². The Kier molecular flexibility index (Phi) is 7.90. The van der Waals surface area contributed by atoms with Gasteiger partial charge in [0.1, 0.15) is 18.3 Å². The van der Waals surface area contributed by atoms with Crippen LogP contribution in [0.4, 0.5) is 0 Å². The Bertz CT molecular complexity index is 761. The summed E-state index contributed by atoms with van der Waals surface area (Å²) >= 11 is 14.1. The lowest BCUT2D eigenvalue weighted by molar-refractivity contribution is -0.121. The predicted molar refractivity (Wildman–Crippen MR) is 108 cm³/mol. The molecule has 0 aliphatic rings. The van der Waals surface area contributed by atoms with Crippen LogP contribution in [0.3, 0.4) is 0 Å². The Morgan fingerprint density at radius 2 is 1.79 bits per heavy atom. The van der Waals surface area contributed by atoms with E-state index in [1.165, 1.54) is 0 Å². The number of imidazole rings is 1. The number of hydrogen-bond donors (Lipinski definition) is 1. The molecule has 0 aliphatic heterocycles. The average molecular weight is 589 g/mol. The zero-order valence-electron chi connectivity index (χ0n) is 12.6. The highest BCUT2D eigenvalue weighted by Crippen LogP contribution is 2.42. The van der Waals surface area contributed by atoms with E-state index in [2.05, 4.69) is 74.0 Å². The van der Waals surface area contributed by atoms with Crippen molar-refractivity contribution in [1.29, 1.82) is 0 Å². The van der Waals surface area contributed by atoms with Gasteiger partial charge in [-0.3, -0.25) is 4.79 Å². The lowest BCUT2D eigenvalue weighted by Crippen LogP contribution is -2.28. The fourth-order valence-corrected chi connectivity index (χ4v) is 4.67. The molecule has 0 spiro atoms. The highest BCUT2D eigenvalue weighted by Gasteiger charge is 2.18. The smallest absolute Gasteiger partial charge is 0.239 e. The van der Waals surface area contributed by atoms with Crippen LogP contribution in [0.2, 0.25) is 0 Å². The molecule has 0 radical (unpaired) electrons. The monoisotopic (exact) mass is 585 g/mol. The summed E-state index contributed by atoms with van der Waals surface area (Å²) in [5, 5.41) is 2.90. The first-order valence-electron chi connectivity index (χ1n) is 7.34. The van der Waals surface area contributed by atoms with Gasteiger partial charge in [0.05, 0.1) is 20.8 Å². The SMILES string of the molecule is O=CCCCCCNC(=O)Cn1cnc2c(Br)c(Br)c(Br)c(Br)c21. The number of benzene rings is 1. The van der Waals surface area contributed by atoms with E-state index in [0.717, 1.165) is 54.5 Å². The number of amides is 1. The normalized spacial score (nSPS) is 11.0. The summed E-state index contributed by atoms with van der Waals surface area (Å²) in [5.41, 5.74) is 1.62. The first kappa shape index (κ1) is 20.1. The molecule has 1 aromatic heterocycles. The van der Waals surface area contributed by atoms with Gasteiger partial charge in [0, 0.05) is 21.9 Å². The number of aldehydes is 1. The van der Waals surface area contributed by atoms with Gasteiger partial charge in [-0.15, -0.1) is 0 Å². The number of aromatic nitrogens is 2. The molecule has 0 unspecified atom stereocenters. The maximum atomic E-state index is 12.1. The molecule has 1 N–H and O–H groups in total. The van der Waals surface area contributed by atoms with Crippen LogP contribution in [0.5, 0.6) is 0 Å². The highest BCUT2D eigenvalue weighted by molar-refractivity contribution is 9.15. The number of rotatable bonds is 8. The molecule has 0 saturated heterocycles. The third-order valence-electron chi connectivity index (χ3n) is 3.47. The summed E-state index contributed by atoms with van der Waals surface area (Å²) in [5.74, 6) is -0.0632. The van der Waals surface area contributed by atoms with E-state index in [1.54, 1.807) is 6.33 Å². The topological polar surface area (TPSA) is 64.0 Å². The van der Waals surface area contributed by atoms with E-state index in [-0.39, 0.29) is 12.5 Å². The van der Waals surface area contributed by atoms with E-state index in [0.29, 0.717) is 13.0 Å². The van der Waals surface area contributed by atoms with Crippen LogP contribution in [-0.2, 0) is 16.1 Å². The summed E-state index contributed by atoms with van der Waals surface area (Å²) in [4.78, 5) is 26.7. The molecular formula is C15H15Br4N3O2. The van der Waals surface area contributed by atoms with Crippen molar-refractivity contribution in [2.45, 2.75) is 32.2 Å². The standard InChI is InChI=1S/C15H15Br4N3O2/c16-10-11(17)13(19)15-14(12(10)18)21-8-22(15)7-9(24)20-5-3-1-2-4-6-23/h6,8H,1-5,7H2,(H,20,24). The summed E-state index contributed by atoms with van der Waals surface area (Å²) in [6.07, 6.45) is 5.85. The Hall–Kier alpha value is -0.250. The predicted octanol–water partition coefficient (Wildman–Crippen LogP) is 4.96. The van der Waals surface area contributed by atoms with E-state index >= 15 is 0 Å². The molecule has 1 aromatic carbocycles. The van der Waals surface area contributed by atoms with Crippen molar-refractivity contribution in [2.24, 2.45) is 0 Å². The van der Waals surface area contributed by atoms with Crippen LogP contribution >= 0.6 is 63.7 Å². The van der Waals surface area contributed by atoms with Gasteiger partial charge in [0.25, 0.3) is 0 Å². The molecule has 2 aromatic rings. The van der Waals surface area contributed by atoms with Gasteiger partial charge in [-0.1, -0.05) is 6.42 Å². The van der Waals surface area contributed by atoms with Crippen molar-refractivity contribution >= 4 is 86.9 Å². The number of nitrogens with one attached hydrogen (secondary N) is 1. The fourth-order valence-electron chi connectivity index (χ4n) is 2.26. The fraction of sp³-hybridized carbons (Fsp3) is 0.400. The first-order valence-corrected chi connectivity index (χ1v) is 10.5. The Morgan fingerprint density at radius 1 is 1.08 bits per heavy atom. The second-order valence-electron chi connectivity index (χ2n) is 5.19. The van der Waals surface area contributed by atoms with Gasteiger partial charge in [-0.25, -0.2) is 4.98 Å². The van der Waals surface area contributed by atoms with Crippen LogP contribution in [-0.4, -0.2) is 28.3 Å². The summed E-state index contributed by atoms with van der Waals surface area (Å²) in [7, 11) is 0. The minimum Gasteiger partial charge on any atom is -0.355 e. The van der Waals surface area contributed by atoms with Crippen molar-refractivity contribution in [2.75, 3.05) is 6.54 Å². The van der Waals surface area contributed by atoms with E-state index in [4.69, 9.17) is 0 Å². The van der Waals surface area contributed by atoms with E-state index in [9.17, 15) is 9.59 Å². The highest BCUT2D eigenvalue weighted by atomic mass is 79.9. The molecule has 5 nitrogen and oxygen atoms in total. The number of unbranched alkanes of at least 4 members (excludes halogenated alkanes) is 3. The van der Waals surface area contributed by atoms with Crippen LogP contribution < -0.4 is 5.32 Å². The van der Waals surface area contributed by atoms with Crippen molar-refractivity contribution in [1.82, 2.24) is 14.9 Å². The van der Waals surface area contributed by atoms with Gasteiger partial charge >= 0.3 is 0 Å². The van der Waals surface area contributed by atoms with Gasteiger partial charge < -0.3 is 14.7 Å². The number of carbonyl (C=O) groups excluding carboxylic acids is 2. The number of carbonyl (C=O) groups is 2. The largest absolute Gasteiger partial charge is 0.355 e. The van der Waals surface area contributed by atoms with Gasteiger partial charge in [0.15, 0.2) is 0 Å². The molecule has 9 heteroatoms. The molecule has 2 rings (SSSR count). The summed E-state index contributed by atoms with van der Waals surface area (Å²) < 4.78 is 5.21. The van der Waals surface area contributed by atoms with Crippen molar-refractivity contribution in [3.8, 4) is 0 Å². The minimum atomic E-state index is -0.0632. The van der Waals surface area contributed by atoms with Crippen molar-refractivity contribution < 1.29 is 9.59 Å². The Morgan fingerprint density at radius 3 is 2.50 bits per heavy atom. The summed E-state index contributed by atoms with van der Waals surface area (Å²) in [6, 6.07) is 0. The van der Waals surface area contributed by atoms with Crippen molar-refractivity contribution in [3.05, 3.63) is 24.2 Å². The second-order valence-corrected chi connectivity index (χ2v) is 8.36. The Balaban J connectivity index is 2.03. The second kappa shape index (κ2) is 9.45. The zero-order valence-corrected chi connectivity index (χ0v) is 19.0. The van der Waals surface area contributed by atoms with Gasteiger partial charge in [-0.2, -0.15) is 0 Å². The molecule has 0 atom stereocenters. The summed E-state index contributed by atoms with van der Waals surface area (Å²) in [6.45, 7) is 0.814. The molecule has 130 valence electrons. The molecule has 0 fully saturated rings. The molecule has 0 bridgehead atoms. The maximum Gasteiger partial charge on any atom is 0.239 e. The zero-order chi connectivity index (χ0) is 17.7. The quantitative estimate of drug-likeness (QED) is 0.205. The lowest BCUT2D eigenvalue weighted by atomic mass is 10.2. The van der Waals surface area contributed by atoms with E-state index < -0.39 is 0 Å². The Labute approximate surface area is 173 Å². The number of halogens is 4. The van der Waals surface area contributed by atoms with E-state index in [1.807, 2.05) is 4.57 Å². The van der Waals surface area contributed by atoms with Crippen molar-refractivity contribution in [3.63, 3.8) is 0 Å². The molecule has 0 saturated carbocycles. The van der Waals surface area contributed by atoms with Crippen LogP contribution in [0.25, 0.3) is 11.0 Å². The van der Waals surface area contributed by atoms with Crippen LogP contribution in [0.1, 0.15) is 25.7 Å².